The summed E-state index contributed by atoms with van der Waals surface area (Å²) in [4.78, 5) is 18.6. The molecule has 0 saturated carbocycles. The van der Waals surface area contributed by atoms with Gasteiger partial charge in [-0.2, -0.15) is 0 Å². The number of thiazole rings is 1. The highest BCUT2D eigenvalue weighted by atomic mass is 32.1. The third-order valence-electron chi connectivity index (χ3n) is 4.30. The number of aromatic nitrogens is 4. The lowest BCUT2D eigenvalue weighted by Crippen LogP contribution is -1.95. The first-order chi connectivity index (χ1) is 13.4. The lowest BCUT2D eigenvalue weighted by atomic mass is 10.0. The van der Waals surface area contributed by atoms with Gasteiger partial charge in [0.25, 0.3) is 0 Å². The van der Waals surface area contributed by atoms with Crippen LogP contribution in [0.3, 0.4) is 0 Å². The molecule has 5 rings (SSSR count). The predicted molar refractivity (Wildman–Crippen MR) is 109 cm³/mol. The minimum absolute atomic E-state index is 0.811. The van der Waals surface area contributed by atoms with Crippen molar-refractivity contribution >= 4 is 21.6 Å². The van der Waals surface area contributed by atoms with E-state index in [9.17, 15) is 0 Å². The van der Waals surface area contributed by atoms with Gasteiger partial charge < -0.3 is 0 Å². The maximum absolute atomic E-state index is 4.81. The van der Waals surface area contributed by atoms with Crippen molar-refractivity contribution in [1.82, 2.24) is 19.9 Å². The van der Waals surface area contributed by atoms with Crippen LogP contribution in [0.4, 0.5) is 0 Å². The third kappa shape index (κ3) is 2.88. The first-order valence-electron chi connectivity index (χ1n) is 8.58. The van der Waals surface area contributed by atoms with Crippen molar-refractivity contribution in [3.63, 3.8) is 0 Å². The highest BCUT2D eigenvalue weighted by molar-refractivity contribution is 7.21. The molecule has 0 amide bonds. The number of rotatable bonds is 3. The Morgan fingerprint density at radius 1 is 0.593 bits per heavy atom. The Labute approximate surface area is 160 Å². The van der Waals surface area contributed by atoms with Crippen molar-refractivity contribution in [3.05, 3.63) is 85.3 Å². The molecule has 0 spiro atoms. The summed E-state index contributed by atoms with van der Waals surface area (Å²) >= 11 is 1.67. The summed E-state index contributed by atoms with van der Waals surface area (Å²) in [5.74, 6) is 0. The van der Waals surface area contributed by atoms with Crippen LogP contribution >= 0.6 is 11.3 Å². The molecule has 4 aromatic heterocycles. The highest BCUT2D eigenvalue weighted by Crippen LogP contribution is 2.37. The molecule has 0 aliphatic rings. The first-order valence-corrected chi connectivity index (χ1v) is 9.39. The second-order valence-corrected chi connectivity index (χ2v) is 7.03. The van der Waals surface area contributed by atoms with Gasteiger partial charge in [-0.05, 0) is 48.5 Å². The van der Waals surface area contributed by atoms with Crippen LogP contribution in [0, 0.1) is 0 Å². The largest absolute Gasteiger partial charge is 0.256 e. The van der Waals surface area contributed by atoms with E-state index in [0.717, 1.165) is 43.4 Å². The smallest absolute Gasteiger partial charge is 0.126 e. The van der Waals surface area contributed by atoms with E-state index in [1.54, 1.807) is 29.9 Å². The van der Waals surface area contributed by atoms with Crippen molar-refractivity contribution in [1.29, 1.82) is 0 Å². The van der Waals surface area contributed by atoms with Crippen molar-refractivity contribution < 1.29 is 0 Å². The van der Waals surface area contributed by atoms with Crippen LogP contribution in [0.2, 0.25) is 0 Å². The summed E-state index contributed by atoms with van der Waals surface area (Å²) < 4.78 is 1.16. The minimum atomic E-state index is 0.811. The number of hydrogen-bond donors (Lipinski definition) is 0. The number of hydrogen-bond acceptors (Lipinski definition) is 5. The number of pyridine rings is 3. The van der Waals surface area contributed by atoms with E-state index in [4.69, 9.17) is 4.98 Å². The normalized spacial score (nSPS) is 11.0. The summed E-state index contributed by atoms with van der Waals surface area (Å²) in [5, 5.41) is 0.942. The predicted octanol–water partition coefficient (Wildman–Crippen LogP) is 5.48. The van der Waals surface area contributed by atoms with Gasteiger partial charge in [0.05, 0.1) is 27.3 Å². The molecule has 0 fully saturated rings. The number of para-hydroxylation sites is 1. The average Bonchev–Trinajstić information content (AvgIpc) is 3.19. The van der Waals surface area contributed by atoms with Crippen molar-refractivity contribution in [2.75, 3.05) is 0 Å². The molecule has 4 nitrogen and oxygen atoms in total. The Balaban J connectivity index is 1.72. The van der Waals surface area contributed by atoms with Gasteiger partial charge in [-0.1, -0.05) is 18.2 Å². The molecule has 5 heteroatoms. The molecule has 0 aliphatic carbocycles. The second-order valence-electron chi connectivity index (χ2n) is 6.00. The Morgan fingerprint density at radius 3 is 2.07 bits per heavy atom. The fourth-order valence-electron chi connectivity index (χ4n) is 3.08. The maximum atomic E-state index is 4.81. The Bertz CT molecular complexity index is 1200. The van der Waals surface area contributed by atoms with Crippen LogP contribution in [0.5, 0.6) is 0 Å². The summed E-state index contributed by atoms with van der Waals surface area (Å²) in [6.45, 7) is 0. The van der Waals surface area contributed by atoms with Crippen LogP contribution in [-0.2, 0) is 0 Å². The molecule has 5 aromatic rings. The molecule has 0 saturated heterocycles. The van der Waals surface area contributed by atoms with E-state index < -0.39 is 0 Å². The molecular weight excluding hydrogens is 352 g/mol. The SMILES string of the molecule is c1ccc(-c2cccnc2-c2ncccc2-c2nc3ccccc3s2)nc1. The van der Waals surface area contributed by atoms with Crippen LogP contribution < -0.4 is 0 Å². The lowest BCUT2D eigenvalue weighted by molar-refractivity contribution is 1.23. The molecule has 0 N–H and O–H groups in total. The Morgan fingerprint density at radius 2 is 1.30 bits per heavy atom. The molecule has 1 aromatic carbocycles. The molecule has 0 unspecified atom stereocenters. The van der Waals surface area contributed by atoms with Gasteiger partial charge in [-0.3, -0.25) is 15.0 Å². The van der Waals surface area contributed by atoms with Crippen molar-refractivity contribution in [2.24, 2.45) is 0 Å². The molecule has 0 radical (unpaired) electrons. The lowest BCUT2D eigenvalue weighted by Gasteiger charge is -2.10. The number of benzene rings is 1. The average molecular weight is 366 g/mol. The van der Waals surface area contributed by atoms with Gasteiger partial charge in [0.2, 0.25) is 0 Å². The maximum Gasteiger partial charge on any atom is 0.126 e. The van der Waals surface area contributed by atoms with Crippen LogP contribution in [0.15, 0.2) is 85.3 Å². The van der Waals surface area contributed by atoms with E-state index in [2.05, 4.69) is 27.1 Å². The van der Waals surface area contributed by atoms with Gasteiger partial charge >= 0.3 is 0 Å². The quantitative estimate of drug-likeness (QED) is 0.424. The molecule has 27 heavy (non-hydrogen) atoms. The summed E-state index contributed by atoms with van der Waals surface area (Å²) in [5.41, 5.74) is 5.44. The molecule has 0 atom stereocenters. The Kier molecular flexibility index (Phi) is 3.92. The third-order valence-corrected chi connectivity index (χ3v) is 5.37. The standard InChI is InChI=1S/C22H14N4S/c1-2-11-19-18(10-1)26-22(27-19)16-8-6-14-25-21(16)20-15(7-5-13-24-20)17-9-3-4-12-23-17/h1-14H. The van der Waals surface area contributed by atoms with E-state index in [0.29, 0.717) is 0 Å². The van der Waals surface area contributed by atoms with E-state index >= 15 is 0 Å². The van der Waals surface area contributed by atoms with Crippen molar-refractivity contribution in [2.45, 2.75) is 0 Å². The highest BCUT2D eigenvalue weighted by Gasteiger charge is 2.17. The summed E-state index contributed by atoms with van der Waals surface area (Å²) in [6.07, 6.45) is 5.38. The van der Waals surface area contributed by atoms with Gasteiger partial charge in [0, 0.05) is 29.7 Å². The van der Waals surface area contributed by atoms with Crippen LogP contribution in [0.1, 0.15) is 0 Å². The van der Waals surface area contributed by atoms with E-state index in [1.807, 2.05) is 54.6 Å². The number of nitrogens with zero attached hydrogens (tertiary/aromatic N) is 4. The second kappa shape index (κ2) is 6.70. The number of fused-ring (bicyclic) bond motifs is 1. The van der Waals surface area contributed by atoms with Crippen molar-refractivity contribution in [3.8, 4) is 33.2 Å². The molecule has 0 aliphatic heterocycles. The topological polar surface area (TPSA) is 51.6 Å². The zero-order valence-corrected chi connectivity index (χ0v) is 15.1. The van der Waals surface area contributed by atoms with Gasteiger partial charge in [-0.15, -0.1) is 11.3 Å². The monoisotopic (exact) mass is 366 g/mol. The molecule has 0 bridgehead atoms. The minimum Gasteiger partial charge on any atom is -0.256 e. The zero-order chi connectivity index (χ0) is 18.1. The molecule has 128 valence electrons. The van der Waals surface area contributed by atoms with Gasteiger partial charge in [-0.25, -0.2) is 4.98 Å². The van der Waals surface area contributed by atoms with Crippen LogP contribution in [0.25, 0.3) is 43.4 Å². The van der Waals surface area contributed by atoms with E-state index in [1.165, 1.54) is 0 Å². The molecular formula is C22H14N4S. The zero-order valence-electron chi connectivity index (χ0n) is 14.3. The first kappa shape index (κ1) is 15.8. The summed E-state index contributed by atoms with van der Waals surface area (Å²) in [7, 11) is 0. The molecule has 4 heterocycles. The van der Waals surface area contributed by atoms with E-state index in [-0.39, 0.29) is 0 Å². The van der Waals surface area contributed by atoms with Gasteiger partial charge in [0.15, 0.2) is 0 Å². The summed E-state index contributed by atoms with van der Waals surface area (Å²) in [6, 6.07) is 22.0. The fourth-order valence-corrected chi connectivity index (χ4v) is 4.07. The fraction of sp³-hybridized carbons (Fsp3) is 0. The van der Waals surface area contributed by atoms with Crippen LogP contribution in [-0.4, -0.2) is 19.9 Å². The Hall–Kier alpha value is -3.44. The van der Waals surface area contributed by atoms with Gasteiger partial charge in [0.1, 0.15) is 5.01 Å².